The van der Waals surface area contributed by atoms with Crippen molar-refractivity contribution in [1.29, 1.82) is 0 Å². The Kier molecular flexibility index (Phi) is 2.26. The number of rotatable bonds is 2. The van der Waals surface area contributed by atoms with Gasteiger partial charge in [-0.1, -0.05) is 18.2 Å². The maximum Gasteiger partial charge on any atom is 0.0922 e. The van der Waals surface area contributed by atoms with Gasteiger partial charge in [0.05, 0.1) is 22.8 Å². The second-order valence-corrected chi connectivity index (χ2v) is 3.89. The summed E-state index contributed by atoms with van der Waals surface area (Å²) in [5.74, 6) is 0. The minimum absolute atomic E-state index is 0.967. The van der Waals surface area contributed by atoms with Crippen LogP contribution in [-0.4, -0.2) is 20.0 Å². The highest BCUT2D eigenvalue weighted by molar-refractivity contribution is 5.57. The lowest BCUT2D eigenvalue weighted by molar-refractivity contribution is 0.865. The molecule has 1 aromatic carbocycles. The molecule has 0 fully saturated rings. The van der Waals surface area contributed by atoms with E-state index in [2.05, 4.69) is 15.3 Å². The quantitative estimate of drug-likeness (QED) is 0.727. The first kappa shape index (κ1) is 9.84. The summed E-state index contributed by atoms with van der Waals surface area (Å²) in [6.45, 7) is 1.99. The van der Waals surface area contributed by atoms with Crippen LogP contribution >= 0.6 is 0 Å². The van der Waals surface area contributed by atoms with Gasteiger partial charge in [0.2, 0.25) is 0 Å². The molecule has 0 aliphatic rings. The monoisotopic (exact) mass is 224 g/mol. The van der Waals surface area contributed by atoms with E-state index in [0.717, 1.165) is 22.8 Å². The first-order valence-corrected chi connectivity index (χ1v) is 5.46. The third-order valence-electron chi connectivity index (χ3n) is 2.61. The van der Waals surface area contributed by atoms with Gasteiger partial charge in [-0.25, -0.2) is 4.68 Å². The Morgan fingerprint density at radius 1 is 1.12 bits per heavy atom. The molecule has 84 valence electrons. The van der Waals surface area contributed by atoms with Crippen LogP contribution in [0.15, 0.2) is 48.7 Å². The number of aryl methyl sites for hydroxylation is 1. The fourth-order valence-corrected chi connectivity index (χ4v) is 1.86. The van der Waals surface area contributed by atoms with Gasteiger partial charge in [-0.3, -0.25) is 5.10 Å². The Morgan fingerprint density at radius 2 is 1.94 bits per heavy atom. The van der Waals surface area contributed by atoms with E-state index in [-0.39, 0.29) is 0 Å². The Labute approximate surface area is 98.9 Å². The Morgan fingerprint density at radius 3 is 2.65 bits per heavy atom. The first-order valence-electron chi connectivity index (χ1n) is 5.46. The standard InChI is InChI=1S/C13H12N4/c1-10-9-13(12-7-8-14-15-12)17(16-10)11-5-3-2-4-6-11/h2-9H,1H3,(H,14,15). The molecule has 0 aliphatic carbocycles. The van der Waals surface area contributed by atoms with E-state index < -0.39 is 0 Å². The van der Waals surface area contributed by atoms with Crippen molar-refractivity contribution in [3.63, 3.8) is 0 Å². The lowest BCUT2D eigenvalue weighted by Crippen LogP contribution is -1.98. The van der Waals surface area contributed by atoms with E-state index in [1.807, 2.05) is 54.1 Å². The topological polar surface area (TPSA) is 46.5 Å². The zero-order chi connectivity index (χ0) is 11.7. The molecular formula is C13H12N4. The Balaban J connectivity index is 2.18. The van der Waals surface area contributed by atoms with Crippen LogP contribution < -0.4 is 0 Å². The van der Waals surface area contributed by atoms with E-state index in [4.69, 9.17) is 0 Å². The number of aromatic nitrogens is 4. The summed E-state index contributed by atoms with van der Waals surface area (Å²) in [5.41, 5.74) is 4.02. The van der Waals surface area contributed by atoms with Gasteiger partial charge < -0.3 is 0 Å². The highest BCUT2D eigenvalue weighted by atomic mass is 15.3. The van der Waals surface area contributed by atoms with Gasteiger partial charge in [0.15, 0.2) is 0 Å². The van der Waals surface area contributed by atoms with E-state index in [1.54, 1.807) is 6.20 Å². The van der Waals surface area contributed by atoms with Crippen molar-refractivity contribution in [2.75, 3.05) is 0 Å². The van der Waals surface area contributed by atoms with Gasteiger partial charge >= 0.3 is 0 Å². The van der Waals surface area contributed by atoms with Gasteiger partial charge in [0.25, 0.3) is 0 Å². The molecule has 3 rings (SSSR count). The van der Waals surface area contributed by atoms with Crippen LogP contribution in [0.1, 0.15) is 5.69 Å². The van der Waals surface area contributed by atoms with Gasteiger partial charge in [0.1, 0.15) is 0 Å². The van der Waals surface area contributed by atoms with Crippen LogP contribution in [0.25, 0.3) is 17.1 Å². The fraction of sp³-hybridized carbons (Fsp3) is 0.0769. The summed E-state index contributed by atoms with van der Waals surface area (Å²) < 4.78 is 1.92. The first-order chi connectivity index (χ1) is 8.34. The lowest BCUT2D eigenvalue weighted by atomic mass is 10.2. The van der Waals surface area contributed by atoms with Gasteiger partial charge in [-0.15, -0.1) is 0 Å². The SMILES string of the molecule is Cc1cc(-c2ccn[nH]2)n(-c2ccccc2)n1. The number of para-hydroxylation sites is 1. The second kappa shape index (κ2) is 3.90. The molecule has 17 heavy (non-hydrogen) atoms. The van der Waals surface area contributed by atoms with Crippen LogP contribution in [0.3, 0.4) is 0 Å². The second-order valence-electron chi connectivity index (χ2n) is 3.89. The molecule has 0 saturated carbocycles. The molecule has 0 amide bonds. The van der Waals surface area contributed by atoms with Crippen molar-refractivity contribution in [2.24, 2.45) is 0 Å². The molecule has 0 radical (unpaired) electrons. The van der Waals surface area contributed by atoms with E-state index >= 15 is 0 Å². The molecule has 1 N–H and O–H groups in total. The molecule has 2 aromatic heterocycles. The number of aromatic amines is 1. The molecule has 2 heterocycles. The molecule has 3 aromatic rings. The van der Waals surface area contributed by atoms with Gasteiger partial charge in [-0.05, 0) is 31.2 Å². The molecular weight excluding hydrogens is 212 g/mol. The maximum atomic E-state index is 4.51. The summed E-state index contributed by atoms with van der Waals surface area (Å²) in [6, 6.07) is 14.1. The fourth-order valence-electron chi connectivity index (χ4n) is 1.86. The highest BCUT2D eigenvalue weighted by Gasteiger charge is 2.10. The summed E-state index contributed by atoms with van der Waals surface area (Å²) in [7, 11) is 0. The van der Waals surface area contributed by atoms with Crippen LogP contribution in [-0.2, 0) is 0 Å². The maximum absolute atomic E-state index is 4.51. The molecule has 0 aliphatic heterocycles. The van der Waals surface area contributed by atoms with Crippen LogP contribution in [0.4, 0.5) is 0 Å². The number of H-pyrrole nitrogens is 1. The minimum atomic E-state index is 0.967. The molecule has 4 heteroatoms. The molecule has 4 nitrogen and oxygen atoms in total. The third-order valence-corrected chi connectivity index (χ3v) is 2.61. The Bertz CT molecular complexity index is 608. The average molecular weight is 224 g/mol. The van der Waals surface area contributed by atoms with Gasteiger partial charge in [-0.2, -0.15) is 10.2 Å². The van der Waals surface area contributed by atoms with Crippen LogP contribution in [0.2, 0.25) is 0 Å². The van der Waals surface area contributed by atoms with Crippen molar-refractivity contribution in [3.8, 4) is 17.1 Å². The summed E-state index contributed by atoms with van der Waals surface area (Å²) in [4.78, 5) is 0. The van der Waals surface area contributed by atoms with Gasteiger partial charge in [0, 0.05) is 6.20 Å². The minimum Gasteiger partial charge on any atom is -0.276 e. The van der Waals surface area contributed by atoms with Crippen molar-refractivity contribution >= 4 is 0 Å². The lowest BCUT2D eigenvalue weighted by Gasteiger charge is -2.05. The predicted octanol–water partition coefficient (Wildman–Crippen LogP) is 2.57. The molecule has 0 spiro atoms. The van der Waals surface area contributed by atoms with Crippen molar-refractivity contribution < 1.29 is 0 Å². The number of nitrogens with zero attached hydrogens (tertiary/aromatic N) is 3. The number of nitrogens with one attached hydrogen (secondary N) is 1. The molecule has 0 atom stereocenters. The van der Waals surface area contributed by atoms with Crippen LogP contribution in [0.5, 0.6) is 0 Å². The summed E-state index contributed by atoms with van der Waals surface area (Å²) >= 11 is 0. The smallest absolute Gasteiger partial charge is 0.0922 e. The number of hydrogen-bond acceptors (Lipinski definition) is 2. The number of benzene rings is 1. The van der Waals surface area contributed by atoms with E-state index in [0.29, 0.717) is 0 Å². The molecule has 0 saturated heterocycles. The van der Waals surface area contributed by atoms with Crippen molar-refractivity contribution in [1.82, 2.24) is 20.0 Å². The van der Waals surface area contributed by atoms with Crippen LogP contribution in [0, 0.1) is 6.92 Å². The Hall–Kier alpha value is -2.36. The van der Waals surface area contributed by atoms with Crippen molar-refractivity contribution in [2.45, 2.75) is 6.92 Å². The molecule has 0 bridgehead atoms. The molecule has 0 unspecified atom stereocenters. The largest absolute Gasteiger partial charge is 0.276 e. The van der Waals surface area contributed by atoms with E-state index in [1.165, 1.54) is 0 Å². The third kappa shape index (κ3) is 1.73. The average Bonchev–Trinajstić information content (AvgIpc) is 2.98. The summed E-state index contributed by atoms with van der Waals surface area (Å²) in [6.07, 6.45) is 1.74. The van der Waals surface area contributed by atoms with Crippen molar-refractivity contribution in [3.05, 3.63) is 54.4 Å². The summed E-state index contributed by atoms with van der Waals surface area (Å²) in [5, 5.41) is 11.4. The van der Waals surface area contributed by atoms with E-state index in [9.17, 15) is 0 Å². The predicted molar refractivity (Wildman–Crippen MR) is 65.9 cm³/mol. The highest BCUT2D eigenvalue weighted by Crippen LogP contribution is 2.21. The zero-order valence-corrected chi connectivity index (χ0v) is 9.46. The zero-order valence-electron chi connectivity index (χ0n) is 9.46. The normalized spacial score (nSPS) is 10.6. The number of hydrogen-bond donors (Lipinski definition) is 1.